The summed E-state index contributed by atoms with van der Waals surface area (Å²) in [7, 11) is -3.13. The number of aromatic nitrogens is 1. The number of nitrogens with zero attached hydrogens (tertiary/aromatic N) is 2. The van der Waals surface area contributed by atoms with Crippen LogP contribution in [0.3, 0.4) is 0 Å². The molecule has 0 aliphatic carbocycles. The second-order valence-corrected chi connectivity index (χ2v) is 7.40. The van der Waals surface area contributed by atoms with Crippen molar-refractivity contribution in [2.24, 2.45) is 5.92 Å². The van der Waals surface area contributed by atoms with Crippen molar-refractivity contribution in [3.63, 3.8) is 0 Å². The SMILES string of the molecule is CCS(=O)(=O)N1CCC(C(=O)NCc2ccncc2)CC1. The van der Waals surface area contributed by atoms with Crippen molar-refractivity contribution in [2.75, 3.05) is 18.8 Å². The Morgan fingerprint density at radius 1 is 1.33 bits per heavy atom. The molecule has 1 saturated heterocycles. The topological polar surface area (TPSA) is 79.4 Å². The largest absolute Gasteiger partial charge is 0.352 e. The van der Waals surface area contributed by atoms with Crippen molar-refractivity contribution in [3.8, 4) is 0 Å². The number of carbonyl (C=O) groups is 1. The molecule has 0 atom stereocenters. The lowest BCUT2D eigenvalue weighted by atomic mass is 9.97. The number of amides is 1. The Bertz CT molecular complexity index is 566. The molecular weight excluding hydrogens is 290 g/mol. The van der Waals surface area contributed by atoms with E-state index in [4.69, 9.17) is 0 Å². The third kappa shape index (κ3) is 4.25. The second-order valence-electron chi connectivity index (χ2n) is 5.15. The molecule has 1 aliphatic rings. The van der Waals surface area contributed by atoms with Gasteiger partial charge in [0, 0.05) is 37.9 Å². The highest BCUT2D eigenvalue weighted by molar-refractivity contribution is 7.89. The van der Waals surface area contributed by atoms with Crippen LogP contribution in [0.5, 0.6) is 0 Å². The molecule has 2 rings (SSSR count). The third-order valence-corrected chi connectivity index (χ3v) is 5.68. The van der Waals surface area contributed by atoms with Gasteiger partial charge in [0.1, 0.15) is 0 Å². The van der Waals surface area contributed by atoms with Gasteiger partial charge in [-0.15, -0.1) is 0 Å². The summed E-state index contributed by atoms with van der Waals surface area (Å²) in [6, 6.07) is 3.72. The molecule has 0 saturated carbocycles. The van der Waals surface area contributed by atoms with Gasteiger partial charge in [-0.05, 0) is 37.5 Å². The molecule has 0 unspecified atom stereocenters. The van der Waals surface area contributed by atoms with E-state index in [1.54, 1.807) is 19.3 Å². The number of hydrogen-bond acceptors (Lipinski definition) is 4. The van der Waals surface area contributed by atoms with Crippen LogP contribution < -0.4 is 5.32 Å². The van der Waals surface area contributed by atoms with E-state index >= 15 is 0 Å². The number of rotatable bonds is 5. The van der Waals surface area contributed by atoms with Gasteiger partial charge < -0.3 is 5.32 Å². The van der Waals surface area contributed by atoms with Gasteiger partial charge in [-0.3, -0.25) is 9.78 Å². The summed E-state index contributed by atoms with van der Waals surface area (Å²) in [5.74, 6) is 0.0156. The van der Waals surface area contributed by atoms with E-state index in [0.29, 0.717) is 32.5 Å². The van der Waals surface area contributed by atoms with Crippen LogP contribution in [-0.4, -0.2) is 42.5 Å². The number of sulfonamides is 1. The zero-order chi connectivity index (χ0) is 15.3. The van der Waals surface area contributed by atoms with Crippen molar-refractivity contribution in [3.05, 3.63) is 30.1 Å². The minimum absolute atomic E-state index is 0.000332. The lowest BCUT2D eigenvalue weighted by Crippen LogP contribution is -2.43. The molecule has 116 valence electrons. The van der Waals surface area contributed by atoms with E-state index in [9.17, 15) is 13.2 Å². The van der Waals surface area contributed by atoms with Crippen LogP contribution in [0.25, 0.3) is 0 Å². The Labute approximate surface area is 125 Å². The van der Waals surface area contributed by atoms with E-state index in [1.165, 1.54) is 4.31 Å². The first-order valence-corrected chi connectivity index (χ1v) is 8.78. The zero-order valence-electron chi connectivity index (χ0n) is 12.2. The monoisotopic (exact) mass is 311 g/mol. The maximum Gasteiger partial charge on any atom is 0.223 e. The summed E-state index contributed by atoms with van der Waals surface area (Å²) in [4.78, 5) is 16.0. The second kappa shape index (κ2) is 7.00. The minimum Gasteiger partial charge on any atom is -0.352 e. The fourth-order valence-electron chi connectivity index (χ4n) is 2.41. The molecule has 2 heterocycles. The molecule has 21 heavy (non-hydrogen) atoms. The Morgan fingerprint density at radius 2 is 1.95 bits per heavy atom. The molecular formula is C14H21N3O3S. The van der Waals surface area contributed by atoms with E-state index in [1.807, 2.05) is 12.1 Å². The molecule has 7 heteroatoms. The quantitative estimate of drug-likeness (QED) is 0.870. The molecule has 1 N–H and O–H groups in total. The van der Waals surface area contributed by atoms with Crippen molar-refractivity contribution < 1.29 is 13.2 Å². The molecule has 0 spiro atoms. The smallest absolute Gasteiger partial charge is 0.223 e. The number of nitrogens with one attached hydrogen (secondary N) is 1. The number of carbonyl (C=O) groups excluding carboxylic acids is 1. The van der Waals surface area contributed by atoms with Crippen molar-refractivity contribution in [2.45, 2.75) is 26.3 Å². The lowest BCUT2D eigenvalue weighted by Gasteiger charge is -2.30. The van der Waals surface area contributed by atoms with Gasteiger partial charge in [-0.1, -0.05) is 0 Å². The van der Waals surface area contributed by atoms with E-state index in [-0.39, 0.29) is 17.6 Å². The Morgan fingerprint density at radius 3 is 2.52 bits per heavy atom. The number of piperidine rings is 1. The van der Waals surface area contributed by atoms with Crippen LogP contribution >= 0.6 is 0 Å². The van der Waals surface area contributed by atoms with Crippen LogP contribution in [-0.2, 0) is 21.4 Å². The van der Waals surface area contributed by atoms with E-state index in [0.717, 1.165) is 5.56 Å². The summed E-state index contributed by atoms with van der Waals surface area (Å²) in [5.41, 5.74) is 1.00. The fraction of sp³-hybridized carbons (Fsp3) is 0.571. The van der Waals surface area contributed by atoms with Gasteiger partial charge in [0.25, 0.3) is 0 Å². The van der Waals surface area contributed by atoms with Crippen LogP contribution in [0.2, 0.25) is 0 Å². The molecule has 1 aromatic heterocycles. The highest BCUT2D eigenvalue weighted by atomic mass is 32.2. The molecule has 0 bridgehead atoms. The summed E-state index contributed by atoms with van der Waals surface area (Å²) in [6.07, 6.45) is 4.55. The molecule has 0 radical (unpaired) electrons. The summed E-state index contributed by atoms with van der Waals surface area (Å²) >= 11 is 0. The van der Waals surface area contributed by atoms with Crippen molar-refractivity contribution in [1.29, 1.82) is 0 Å². The van der Waals surface area contributed by atoms with Crippen molar-refractivity contribution >= 4 is 15.9 Å². The standard InChI is InChI=1S/C14H21N3O3S/c1-2-21(19,20)17-9-5-13(6-10-17)14(18)16-11-12-3-7-15-8-4-12/h3-4,7-8,13H,2,5-6,9-11H2,1H3,(H,16,18). The van der Waals surface area contributed by atoms with Crippen molar-refractivity contribution in [1.82, 2.24) is 14.6 Å². The molecule has 1 aromatic rings. The first-order chi connectivity index (χ1) is 10.0. The van der Waals surface area contributed by atoms with Gasteiger partial charge in [0.15, 0.2) is 0 Å². The summed E-state index contributed by atoms with van der Waals surface area (Å²) in [5, 5.41) is 2.90. The third-order valence-electron chi connectivity index (χ3n) is 3.80. The van der Waals surface area contributed by atoms with E-state index < -0.39 is 10.0 Å². The van der Waals surface area contributed by atoms with Gasteiger partial charge in [0.2, 0.25) is 15.9 Å². The normalized spacial score (nSPS) is 17.6. The molecule has 1 amide bonds. The Kier molecular flexibility index (Phi) is 5.30. The summed E-state index contributed by atoms with van der Waals surface area (Å²) in [6.45, 7) is 2.99. The Balaban J connectivity index is 1.81. The van der Waals surface area contributed by atoms with Gasteiger partial charge >= 0.3 is 0 Å². The number of pyridine rings is 1. The predicted octanol–water partition coefficient (Wildman–Crippen LogP) is 0.760. The summed E-state index contributed by atoms with van der Waals surface area (Å²) < 4.78 is 25.0. The molecule has 6 nitrogen and oxygen atoms in total. The zero-order valence-corrected chi connectivity index (χ0v) is 13.0. The van der Waals surface area contributed by atoms with Crippen LogP contribution in [0.1, 0.15) is 25.3 Å². The van der Waals surface area contributed by atoms with Crippen LogP contribution in [0.15, 0.2) is 24.5 Å². The maximum atomic E-state index is 12.1. The van der Waals surface area contributed by atoms with Gasteiger partial charge in [-0.25, -0.2) is 12.7 Å². The van der Waals surface area contributed by atoms with E-state index in [2.05, 4.69) is 10.3 Å². The maximum absolute atomic E-state index is 12.1. The lowest BCUT2D eigenvalue weighted by molar-refractivity contribution is -0.126. The Hall–Kier alpha value is -1.47. The van der Waals surface area contributed by atoms with Gasteiger partial charge in [-0.2, -0.15) is 0 Å². The average Bonchev–Trinajstić information content (AvgIpc) is 2.53. The predicted molar refractivity (Wildman–Crippen MR) is 79.8 cm³/mol. The first kappa shape index (κ1) is 15.9. The van der Waals surface area contributed by atoms with Crippen LogP contribution in [0, 0.1) is 5.92 Å². The minimum atomic E-state index is -3.13. The molecule has 1 fully saturated rings. The van der Waals surface area contributed by atoms with Gasteiger partial charge in [0.05, 0.1) is 5.75 Å². The number of hydrogen-bond donors (Lipinski definition) is 1. The highest BCUT2D eigenvalue weighted by Gasteiger charge is 2.29. The molecule has 0 aromatic carbocycles. The molecule has 1 aliphatic heterocycles. The fourth-order valence-corrected chi connectivity index (χ4v) is 3.55. The highest BCUT2D eigenvalue weighted by Crippen LogP contribution is 2.20. The average molecular weight is 311 g/mol. The van der Waals surface area contributed by atoms with Crippen LogP contribution in [0.4, 0.5) is 0 Å². The first-order valence-electron chi connectivity index (χ1n) is 7.17.